The van der Waals surface area contributed by atoms with Gasteiger partial charge < -0.3 is 19.5 Å². The van der Waals surface area contributed by atoms with Crippen LogP contribution in [-0.4, -0.2) is 44.3 Å². The topological polar surface area (TPSA) is 115 Å². The lowest BCUT2D eigenvalue weighted by Gasteiger charge is -2.10. The number of nitrogens with zero attached hydrogens (tertiary/aromatic N) is 1. The average molecular weight is 510 g/mol. The number of ether oxygens (including phenoxy) is 3. The number of carbonyl (C=O) groups excluding carboxylic acids is 3. The number of halogens is 1. The van der Waals surface area contributed by atoms with Crippen molar-refractivity contribution >= 4 is 35.6 Å². The van der Waals surface area contributed by atoms with Crippen LogP contribution in [0.3, 0.4) is 0 Å². The quantitative estimate of drug-likeness (QED) is 0.186. The van der Waals surface area contributed by atoms with Crippen molar-refractivity contribution in [3.05, 3.63) is 88.4 Å². The van der Waals surface area contributed by atoms with E-state index in [9.17, 15) is 14.4 Å². The fourth-order valence-corrected chi connectivity index (χ4v) is 3.07. The molecule has 0 bridgehead atoms. The highest BCUT2D eigenvalue weighted by atomic mass is 35.5. The molecular formula is C26H24ClN3O6. The fraction of sp³-hybridized carbons (Fsp3) is 0.154. The smallest absolute Gasteiger partial charge is 0.343 e. The number of hydrogen-bond donors (Lipinski definition) is 2. The van der Waals surface area contributed by atoms with Crippen molar-refractivity contribution in [2.45, 2.75) is 6.92 Å². The first-order valence-electron chi connectivity index (χ1n) is 10.9. The molecule has 2 amide bonds. The molecule has 3 aromatic carbocycles. The first kappa shape index (κ1) is 26.2. The van der Waals surface area contributed by atoms with Gasteiger partial charge in [-0.15, -0.1) is 0 Å². The van der Waals surface area contributed by atoms with E-state index in [2.05, 4.69) is 15.8 Å². The van der Waals surface area contributed by atoms with Gasteiger partial charge in [0.15, 0.2) is 11.5 Å². The van der Waals surface area contributed by atoms with Gasteiger partial charge in [0.05, 0.1) is 32.0 Å². The first-order chi connectivity index (χ1) is 17.4. The van der Waals surface area contributed by atoms with E-state index in [0.29, 0.717) is 39.8 Å². The predicted molar refractivity (Wildman–Crippen MR) is 135 cm³/mol. The summed E-state index contributed by atoms with van der Waals surface area (Å²) in [6.45, 7) is 2.14. The molecule has 0 unspecified atom stereocenters. The van der Waals surface area contributed by atoms with E-state index in [1.54, 1.807) is 66.7 Å². The number of hydrogen-bond acceptors (Lipinski definition) is 7. The summed E-state index contributed by atoms with van der Waals surface area (Å²) in [5, 5.41) is 6.90. The van der Waals surface area contributed by atoms with Gasteiger partial charge in [-0.25, -0.2) is 10.2 Å². The summed E-state index contributed by atoms with van der Waals surface area (Å²) in [6, 6.07) is 17.7. The van der Waals surface area contributed by atoms with E-state index in [1.807, 2.05) is 6.92 Å². The molecular weight excluding hydrogens is 486 g/mol. The number of amides is 2. The first-order valence-corrected chi connectivity index (χ1v) is 11.3. The highest BCUT2D eigenvalue weighted by molar-refractivity contribution is 6.30. The molecule has 3 rings (SSSR count). The van der Waals surface area contributed by atoms with Crippen molar-refractivity contribution in [3.63, 3.8) is 0 Å². The van der Waals surface area contributed by atoms with Gasteiger partial charge >= 0.3 is 5.97 Å². The Labute approximate surface area is 213 Å². The average Bonchev–Trinajstić information content (AvgIpc) is 2.89. The van der Waals surface area contributed by atoms with Crippen molar-refractivity contribution in [1.29, 1.82) is 0 Å². The third kappa shape index (κ3) is 7.57. The zero-order valence-corrected chi connectivity index (χ0v) is 20.4. The molecule has 0 fully saturated rings. The standard InChI is InChI=1S/C26H24ClN3O6/c1-3-35-21-11-7-18(8-12-21)25(32)28-16-24(31)30-29-15-17-4-13-22(23(14-17)34-2)36-26(33)19-5-9-20(27)10-6-19/h4-15H,3,16H2,1-2H3,(H,28,32)(H,30,31)/b29-15-. The zero-order valence-electron chi connectivity index (χ0n) is 19.6. The number of carbonyl (C=O) groups is 3. The Morgan fingerprint density at radius 3 is 2.31 bits per heavy atom. The van der Waals surface area contributed by atoms with Crippen LogP contribution >= 0.6 is 11.6 Å². The van der Waals surface area contributed by atoms with Crippen LogP contribution in [0.5, 0.6) is 17.2 Å². The number of methoxy groups -OCH3 is 1. The minimum atomic E-state index is -0.564. The molecule has 0 aliphatic rings. The fourth-order valence-electron chi connectivity index (χ4n) is 2.94. The van der Waals surface area contributed by atoms with Gasteiger partial charge in [0, 0.05) is 10.6 Å². The van der Waals surface area contributed by atoms with Crippen molar-refractivity contribution in [2.75, 3.05) is 20.3 Å². The summed E-state index contributed by atoms with van der Waals surface area (Å²) >= 11 is 5.84. The van der Waals surface area contributed by atoms with Crippen LogP contribution in [0.2, 0.25) is 5.02 Å². The molecule has 36 heavy (non-hydrogen) atoms. The molecule has 10 heteroatoms. The number of benzene rings is 3. The van der Waals surface area contributed by atoms with Gasteiger partial charge in [-0.05, 0) is 79.2 Å². The summed E-state index contributed by atoms with van der Waals surface area (Å²) in [5.41, 5.74) is 3.65. The van der Waals surface area contributed by atoms with E-state index in [-0.39, 0.29) is 12.3 Å². The lowest BCUT2D eigenvalue weighted by atomic mass is 10.2. The van der Waals surface area contributed by atoms with Gasteiger partial charge in [0.1, 0.15) is 5.75 Å². The third-order valence-corrected chi connectivity index (χ3v) is 4.96. The van der Waals surface area contributed by atoms with Crippen LogP contribution < -0.4 is 25.0 Å². The molecule has 0 spiro atoms. The molecule has 0 aliphatic carbocycles. The van der Waals surface area contributed by atoms with Gasteiger partial charge in [-0.1, -0.05) is 11.6 Å². The maximum absolute atomic E-state index is 12.3. The van der Waals surface area contributed by atoms with Crippen LogP contribution in [0.15, 0.2) is 71.8 Å². The largest absolute Gasteiger partial charge is 0.494 e. The Morgan fingerprint density at radius 1 is 0.944 bits per heavy atom. The Bertz CT molecular complexity index is 1240. The minimum Gasteiger partial charge on any atom is -0.494 e. The van der Waals surface area contributed by atoms with Crippen LogP contribution in [0.1, 0.15) is 33.2 Å². The Hall–Kier alpha value is -4.37. The van der Waals surface area contributed by atoms with Crippen LogP contribution in [-0.2, 0) is 4.79 Å². The normalized spacial score (nSPS) is 10.5. The summed E-state index contributed by atoms with van der Waals surface area (Å²) in [6.07, 6.45) is 1.39. The molecule has 0 radical (unpaired) electrons. The number of nitrogens with one attached hydrogen (secondary N) is 2. The van der Waals surface area contributed by atoms with Gasteiger partial charge in [0.25, 0.3) is 11.8 Å². The maximum Gasteiger partial charge on any atom is 0.343 e. The van der Waals surface area contributed by atoms with Gasteiger partial charge in [0.2, 0.25) is 0 Å². The number of hydrazone groups is 1. The van der Waals surface area contributed by atoms with Crippen LogP contribution in [0.25, 0.3) is 0 Å². The molecule has 9 nitrogen and oxygen atoms in total. The lowest BCUT2D eigenvalue weighted by Crippen LogP contribution is -2.34. The molecule has 0 saturated carbocycles. The highest BCUT2D eigenvalue weighted by Gasteiger charge is 2.13. The van der Waals surface area contributed by atoms with Crippen LogP contribution in [0, 0.1) is 0 Å². The van der Waals surface area contributed by atoms with Crippen molar-refractivity contribution < 1.29 is 28.6 Å². The van der Waals surface area contributed by atoms with E-state index in [0.717, 1.165) is 0 Å². The zero-order chi connectivity index (χ0) is 25.9. The summed E-state index contributed by atoms with van der Waals surface area (Å²) in [7, 11) is 1.44. The number of rotatable bonds is 10. The molecule has 0 saturated heterocycles. The third-order valence-electron chi connectivity index (χ3n) is 4.71. The van der Waals surface area contributed by atoms with E-state index in [1.165, 1.54) is 13.3 Å². The van der Waals surface area contributed by atoms with Crippen LogP contribution in [0.4, 0.5) is 0 Å². The summed E-state index contributed by atoms with van der Waals surface area (Å²) in [4.78, 5) is 36.5. The predicted octanol–water partition coefficient (Wildman–Crippen LogP) is 3.85. The SMILES string of the molecule is CCOc1ccc(C(=O)NCC(=O)N/N=C\c2ccc(OC(=O)c3ccc(Cl)cc3)c(OC)c2)cc1. The molecule has 0 atom stereocenters. The van der Waals surface area contributed by atoms with E-state index < -0.39 is 17.8 Å². The highest BCUT2D eigenvalue weighted by Crippen LogP contribution is 2.28. The Morgan fingerprint density at radius 2 is 1.64 bits per heavy atom. The molecule has 0 heterocycles. The number of esters is 1. The minimum absolute atomic E-state index is 0.218. The Kier molecular flexibility index (Phi) is 9.41. The lowest BCUT2D eigenvalue weighted by molar-refractivity contribution is -0.120. The molecule has 0 aromatic heterocycles. The Balaban J connectivity index is 1.51. The summed E-state index contributed by atoms with van der Waals surface area (Å²) < 4.78 is 16.0. The van der Waals surface area contributed by atoms with Crippen molar-refractivity contribution in [2.24, 2.45) is 5.10 Å². The second-order valence-electron chi connectivity index (χ2n) is 7.24. The van der Waals surface area contributed by atoms with Crippen molar-refractivity contribution in [1.82, 2.24) is 10.7 Å². The maximum atomic E-state index is 12.3. The molecule has 3 aromatic rings. The van der Waals surface area contributed by atoms with Crippen molar-refractivity contribution in [3.8, 4) is 17.2 Å². The van der Waals surface area contributed by atoms with Gasteiger partial charge in [-0.2, -0.15) is 5.10 Å². The van der Waals surface area contributed by atoms with E-state index >= 15 is 0 Å². The van der Waals surface area contributed by atoms with Gasteiger partial charge in [-0.3, -0.25) is 9.59 Å². The molecule has 0 aliphatic heterocycles. The second-order valence-corrected chi connectivity index (χ2v) is 7.68. The second kappa shape index (κ2) is 12.9. The molecule has 186 valence electrons. The van der Waals surface area contributed by atoms with E-state index in [4.69, 9.17) is 25.8 Å². The summed E-state index contributed by atoms with van der Waals surface area (Å²) in [5.74, 6) is -0.293. The monoisotopic (exact) mass is 509 g/mol. The molecule has 2 N–H and O–H groups in total.